The lowest BCUT2D eigenvalue weighted by molar-refractivity contribution is -0.126. The van der Waals surface area contributed by atoms with Gasteiger partial charge in [-0.1, -0.05) is 17.7 Å². The minimum Gasteiger partial charge on any atom is -0.369 e. The first kappa shape index (κ1) is 13.5. The Morgan fingerprint density at radius 3 is 2.59 bits per heavy atom. The molecule has 0 atom stereocenters. The number of carbonyl (C=O) groups is 2. The summed E-state index contributed by atoms with van der Waals surface area (Å²) in [5.41, 5.74) is 6.62. The Labute approximate surface area is 105 Å². The molecule has 0 bridgehead atoms. The molecule has 0 spiro atoms. The van der Waals surface area contributed by atoms with Crippen molar-refractivity contribution in [3.05, 3.63) is 28.8 Å². The highest BCUT2D eigenvalue weighted by Crippen LogP contribution is 2.27. The average Bonchev–Trinajstić information content (AvgIpc) is 2.23. The fourth-order valence-corrected chi connectivity index (χ4v) is 1.77. The van der Waals surface area contributed by atoms with Crippen LogP contribution in [0.15, 0.2) is 18.2 Å². The van der Waals surface area contributed by atoms with Crippen molar-refractivity contribution in [2.75, 3.05) is 11.4 Å². The first-order valence-corrected chi connectivity index (χ1v) is 5.68. The fraction of sp³-hybridized carbons (Fsp3) is 0.333. The van der Waals surface area contributed by atoms with Crippen LogP contribution in [0.4, 0.5) is 5.69 Å². The number of nitrogens with zero attached hydrogens (tertiary/aromatic N) is 1. The Hall–Kier alpha value is -1.55. The van der Waals surface area contributed by atoms with Gasteiger partial charge in [0, 0.05) is 6.54 Å². The van der Waals surface area contributed by atoms with E-state index in [0.29, 0.717) is 17.3 Å². The molecule has 0 unspecified atom stereocenters. The van der Waals surface area contributed by atoms with E-state index in [-0.39, 0.29) is 12.3 Å². The van der Waals surface area contributed by atoms with Gasteiger partial charge in [0.15, 0.2) is 0 Å². The summed E-state index contributed by atoms with van der Waals surface area (Å²) in [5, 5.41) is 0.482. The van der Waals surface area contributed by atoms with Gasteiger partial charge in [0.05, 0.1) is 10.7 Å². The minimum absolute atomic E-state index is 0.307. The van der Waals surface area contributed by atoms with Gasteiger partial charge in [-0.15, -0.1) is 0 Å². The SMILES string of the molecule is CCN(C(=O)CC(N)=O)c1cc(C)ccc1Cl. The van der Waals surface area contributed by atoms with Crippen LogP contribution in [0.5, 0.6) is 0 Å². The summed E-state index contributed by atoms with van der Waals surface area (Å²) in [6.45, 7) is 4.17. The van der Waals surface area contributed by atoms with E-state index in [9.17, 15) is 9.59 Å². The van der Waals surface area contributed by atoms with Crippen LogP contribution >= 0.6 is 11.6 Å². The smallest absolute Gasteiger partial charge is 0.236 e. The summed E-state index contributed by atoms with van der Waals surface area (Å²) < 4.78 is 0. The Morgan fingerprint density at radius 1 is 1.41 bits per heavy atom. The largest absolute Gasteiger partial charge is 0.369 e. The van der Waals surface area contributed by atoms with Crippen molar-refractivity contribution < 1.29 is 9.59 Å². The maximum Gasteiger partial charge on any atom is 0.236 e. The standard InChI is InChI=1S/C12H15ClN2O2/c1-3-15(12(17)7-11(14)16)10-6-8(2)4-5-9(10)13/h4-6H,3,7H2,1-2H3,(H2,14,16). The minimum atomic E-state index is -0.641. The van der Waals surface area contributed by atoms with Crippen LogP contribution in [-0.2, 0) is 9.59 Å². The van der Waals surface area contributed by atoms with E-state index >= 15 is 0 Å². The third-order valence-electron chi connectivity index (χ3n) is 2.34. The molecule has 0 saturated heterocycles. The summed E-state index contributed by atoms with van der Waals surface area (Å²) in [6.07, 6.45) is -0.307. The van der Waals surface area contributed by atoms with Crippen molar-refractivity contribution in [3.8, 4) is 0 Å². The molecule has 0 aliphatic heterocycles. The van der Waals surface area contributed by atoms with Crippen LogP contribution in [0.1, 0.15) is 18.9 Å². The molecule has 17 heavy (non-hydrogen) atoms. The van der Waals surface area contributed by atoms with E-state index in [0.717, 1.165) is 5.56 Å². The molecule has 0 saturated carbocycles. The van der Waals surface area contributed by atoms with Crippen molar-refractivity contribution >= 4 is 29.1 Å². The second-order valence-corrected chi connectivity index (χ2v) is 4.14. The molecule has 1 aromatic carbocycles. The number of primary amides is 1. The molecule has 4 nitrogen and oxygen atoms in total. The van der Waals surface area contributed by atoms with Crippen LogP contribution in [0.25, 0.3) is 0 Å². The van der Waals surface area contributed by atoms with Gasteiger partial charge >= 0.3 is 0 Å². The molecule has 2 N–H and O–H groups in total. The molecule has 0 fully saturated rings. The van der Waals surface area contributed by atoms with Crippen molar-refractivity contribution in [3.63, 3.8) is 0 Å². The summed E-state index contributed by atoms with van der Waals surface area (Å²) >= 11 is 6.04. The van der Waals surface area contributed by atoms with Crippen LogP contribution in [-0.4, -0.2) is 18.4 Å². The monoisotopic (exact) mass is 254 g/mol. The molecule has 0 radical (unpaired) electrons. The van der Waals surface area contributed by atoms with E-state index in [4.69, 9.17) is 17.3 Å². The van der Waals surface area contributed by atoms with Crippen LogP contribution in [0.2, 0.25) is 5.02 Å². The highest BCUT2D eigenvalue weighted by molar-refractivity contribution is 6.34. The zero-order valence-electron chi connectivity index (χ0n) is 9.87. The number of nitrogens with two attached hydrogens (primary N) is 1. The number of benzene rings is 1. The Kier molecular flexibility index (Phi) is 4.52. The number of aryl methyl sites for hydroxylation is 1. The van der Waals surface area contributed by atoms with Gasteiger partial charge in [0.1, 0.15) is 6.42 Å². The van der Waals surface area contributed by atoms with Gasteiger partial charge in [0.25, 0.3) is 0 Å². The number of carbonyl (C=O) groups excluding carboxylic acids is 2. The molecule has 5 heteroatoms. The molecule has 0 aliphatic rings. The maximum absolute atomic E-state index is 11.8. The number of amides is 2. The van der Waals surface area contributed by atoms with Crippen molar-refractivity contribution in [1.82, 2.24) is 0 Å². The number of anilines is 1. The predicted octanol–water partition coefficient (Wildman–Crippen LogP) is 1.88. The first-order valence-electron chi connectivity index (χ1n) is 5.30. The normalized spacial score (nSPS) is 10.1. The second kappa shape index (κ2) is 5.68. The van der Waals surface area contributed by atoms with E-state index in [1.807, 2.05) is 26.0 Å². The van der Waals surface area contributed by atoms with E-state index in [2.05, 4.69) is 0 Å². The van der Waals surface area contributed by atoms with E-state index in [1.54, 1.807) is 6.07 Å². The van der Waals surface area contributed by atoms with Crippen molar-refractivity contribution in [1.29, 1.82) is 0 Å². The molecule has 0 heterocycles. The Bertz CT molecular complexity index is 446. The molecule has 1 aromatic rings. The van der Waals surface area contributed by atoms with Crippen molar-refractivity contribution in [2.45, 2.75) is 20.3 Å². The molecular weight excluding hydrogens is 240 g/mol. The first-order chi connectivity index (χ1) is 7.95. The number of hydrogen-bond acceptors (Lipinski definition) is 2. The number of hydrogen-bond donors (Lipinski definition) is 1. The molecule has 1 rings (SSSR count). The van der Waals surface area contributed by atoms with Gasteiger partial charge in [-0.05, 0) is 31.5 Å². The molecule has 0 aliphatic carbocycles. The third-order valence-corrected chi connectivity index (χ3v) is 2.65. The van der Waals surface area contributed by atoms with Gasteiger partial charge in [-0.2, -0.15) is 0 Å². The molecule has 2 amide bonds. The van der Waals surface area contributed by atoms with Gasteiger partial charge < -0.3 is 10.6 Å². The lowest BCUT2D eigenvalue weighted by Gasteiger charge is -2.22. The molecule has 92 valence electrons. The summed E-state index contributed by atoms with van der Waals surface area (Å²) in [6, 6.07) is 5.40. The highest BCUT2D eigenvalue weighted by Gasteiger charge is 2.18. The lowest BCUT2D eigenvalue weighted by Crippen LogP contribution is -2.34. The van der Waals surface area contributed by atoms with Gasteiger partial charge in [0.2, 0.25) is 11.8 Å². The van der Waals surface area contributed by atoms with Crippen LogP contribution in [0, 0.1) is 6.92 Å². The topological polar surface area (TPSA) is 63.4 Å². The number of rotatable bonds is 4. The highest BCUT2D eigenvalue weighted by atomic mass is 35.5. The van der Waals surface area contributed by atoms with Crippen LogP contribution < -0.4 is 10.6 Å². The lowest BCUT2D eigenvalue weighted by atomic mass is 10.2. The second-order valence-electron chi connectivity index (χ2n) is 3.74. The third kappa shape index (κ3) is 3.46. The van der Waals surface area contributed by atoms with Gasteiger partial charge in [-0.3, -0.25) is 9.59 Å². The van der Waals surface area contributed by atoms with Gasteiger partial charge in [-0.25, -0.2) is 0 Å². The zero-order valence-corrected chi connectivity index (χ0v) is 10.6. The summed E-state index contributed by atoms with van der Waals surface area (Å²) in [7, 11) is 0. The molecule has 0 aromatic heterocycles. The Morgan fingerprint density at radius 2 is 2.06 bits per heavy atom. The summed E-state index contributed by atoms with van der Waals surface area (Å²) in [5.74, 6) is -0.982. The average molecular weight is 255 g/mol. The van der Waals surface area contributed by atoms with Crippen molar-refractivity contribution in [2.24, 2.45) is 5.73 Å². The van der Waals surface area contributed by atoms with E-state index in [1.165, 1.54) is 4.90 Å². The zero-order chi connectivity index (χ0) is 13.0. The quantitative estimate of drug-likeness (QED) is 0.834. The fourth-order valence-electron chi connectivity index (χ4n) is 1.56. The molecular formula is C12H15ClN2O2. The van der Waals surface area contributed by atoms with Crippen LogP contribution in [0.3, 0.4) is 0 Å². The maximum atomic E-state index is 11.8. The number of halogens is 1. The summed E-state index contributed by atoms with van der Waals surface area (Å²) in [4.78, 5) is 24.0. The predicted molar refractivity (Wildman–Crippen MR) is 68.0 cm³/mol. The Balaban J connectivity index is 3.04. The van der Waals surface area contributed by atoms with E-state index < -0.39 is 5.91 Å².